The summed E-state index contributed by atoms with van der Waals surface area (Å²) in [6, 6.07) is 5.31. The van der Waals surface area contributed by atoms with E-state index in [4.69, 9.17) is 4.74 Å². The molecule has 0 saturated heterocycles. The number of rotatable bonds is 6. The van der Waals surface area contributed by atoms with Crippen LogP contribution in [0.5, 0.6) is 5.75 Å². The minimum absolute atomic E-state index is 0.0936. The molecule has 1 aromatic rings. The number of nitrogens with one attached hydrogen (secondary N) is 1. The molecule has 0 spiro atoms. The molecule has 0 radical (unpaired) electrons. The standard InChI is InChI=1S/C14H19BrN2O3/c1-4-20-12-6-5-10(15)9-11(12)14(19)17(3)8-7-13(18)16-2/h5-6,9H,4,7-8H2,1-3H3,(H,16,18). The van der Waals surface area contributed by atoms with Crippen LogP contribution in [0, 0.1) is 0 Å². The van der Waals surface area contributed by atoms with Crippen LogP contribution in [0.25, 0.3) is 0 Å². The molecule has 110 valence electrons. The van der Waals surface area contributed by atoms with Crippen LogP contribution in [0.1, 0.15) is 23.7 Å². The maximum absolute atomic E-state index is 12.4. The first kappa shape index (κ1) is 16.5. The SMILES string of the molecule is CCOc1ccc(Br)cc1C(=O)N(C)CCC(=O)NC. The van der Waals surface area contributed by atoms with Gasteiger partial charge in [0, 0.05) is 31.5 Å². The van der Waals surface area contributed by atoms with Gasteiger partial charge in [-0.2, -0.15) is 0 Å². The van der Waals surface area contributed by atoms with E-state index in [1.165, 1.54) is 4.90 Å². The summed E-state index contributed by atoms with van der Waals surface area (Å²) in [4.78, 5) is 25.1. The van der Waals surface area contributed by atoms with Gasteiger partial charge < -0.3 is 15.0 Å². The highest BCUT2D eigenvalue weighted by atomic mass is 79.9. The van der Waals surface area contributed by atoms with Crippen molar-refractivity contribution < 1.29 is 14.3 Å². The van der Waals surface area contributed by atoms with Crippen LogP contribution in [0.3, 0.4) is 0 Å². The van der Waals surface area contributed by atoms with E-state index in [0.717, 1.165) is 4.47 Å². The van der Waals surface area contributed by atoms with Gasteiger partial charge in [0.05, 0.1) is 12.2 Å². The van der Waals surface area contributed by atoms with Crippen molar-refractivity contribution in [2.75, 3.05) is 27.2 Å². The fraction of sp³-hybridized carbons (Fsp3) is 0.429. The zero-order valence-electron chi connectivity index (χ0n) is 11.9. The van der Waals surface area contributed by atoms with Crippen molar-refractivity contribution in [3.05, 3.63) is 28.2 Å². The van der Waals surface area contributed by atoms with Crippen LogP contribution < -0.4 is 10.1 Å². The van der Waals surface area contributed by atoms with E-state index in [0.29, 0.717) is 24.5 Å². The number of ether oxygens (including phenoxy) is 1. The van der Waals surface area contributed by atoms with Crippen LogP contribution in [0.4, 0.5) is 0 Å². The maximum atomic E-state index is 12.4. The van der Waals surface area contributed by atoms with Gasteiger partial charge in [-0.3, -0.25) is 9.59 Å². The van der Waals surface area contributed by atoms with E-state index in [-0.39, 0.29) is 18.2 Å². The average Bonchev–Trinajstić information content (AvgIpc) is 2.45. The number of carbonyl (C=O) groups excluding carboxylic acids is 2. The van der Waals surface area contributed by atoms with Crippen LogP contribution in [0.2, 0.25) is 0 Å². The molecular weight excluding hydrogens is 324 g/mol. The second kappa shape index (κ2) is 7.89. The lowest BCUT2D eigenvalue weighted by Crippen LogP contribution is -2.31. The van der Waals surface area contributed by atoms with E-state index >= 15 is 0 Å². The molecule has 0 atom stereocenters. The first-order chi connectivity index (χ1) is 9.49. The Morgan fingerprint density at radius 1 is 1.40 bits per heavy atom. The Hall–Kier alpha value is -1.56. The number of halogens is 1. The highest BCUT2D eigenvalue weighted by Gasteiger charge is 2.17. The summed E-state index contributed by atoms with van der Waals surface area (Å²) in [7, 11) is 3.24. The first-order valence-corrected chi connectivity index (χ1v) is 7.17. The van der Waals surface area contributed by atoms with Gasteiger partial charge in [0.15, 0.2) is 0 Å². The van der Waals surface area contributed by atoms with Crippen molar-refractivity contribution >= 4 is 27.7 Å². The number of benzene rings is 1. The average molecular weight is 343 g/mol. The fourth-order valence-corrected chi connectivity index (χ4v) is 2.01. The van der Waals surface area contributed by atoms with E-state index in [9.17, 15) is 9.59 Å². The molecule has 0 aliphatic heterocycles. The molecule has 0 saturated carbocycles. The normalized spacial score (nSPS) is 10.0. The molecule has 0 aromatic heterocycles. The molecule has 0 heterocycles. The number of hydrogen-bond donors (Lipinski definition) is 1. The number of hydrogen-bond acceptors (Lipinski definition) is 3. The Morgan fingerprint density at radius 3 is 2.70 bits per heavy atom. The van der Waals surface area contributed by atoms with E-state index in [1.54, 1.807) is 26.2 Å². The summed E-state index contributed by atoms with van der Waals surface area (Å²) in [6.45, 7) is 2.71. The monoisotopic (exact) mass is 342 g/mol. The number of amides is 2. The topological polar surface area (TPSA) is 58.6 Å². The molecule has 2 amide bonds. The Morgan fingerprint density at radius 2 is 2.10 bits per heavy atom. The molecule has 1 rings (SSSR count). The summed E-state index contributed by atoms with van der Waals surface area (Å²) >= 11 is 3.35. The minimum Gasteiger partial charge on any atom is -0.493 e. The van der Waals surface area contributed by atoms with Crippen LogP contribution >= 0.6 is 15.9 Å². The molecule has 0 aliphatic rings. The summed E-state index contributed by atoms with van der Waals surface area (Å²) in [6.07, 6.45) is 0.275. The molecule has 1 N–H and O–H groups in total. The lowest BCUT2D eigenvalue weighted by molar-refractivity contribution is -0.120. The predicted octanol–water partition coefficient (Wildman–Crippen LogP) is 2.06. The van der Waals surface area contributed by atoms with Gasteiger partial charge in [-0.15, -0.1) is 0 Å². The van der Waals surface area contributed by atoms with E-state index in [2.05, 4.69) is 21.2 Å². The molecule has 1 aromatic carbocycles. The first-order valence-electron chi connectivity index (χ1n) is 6.38. The van der Waals surface area contributed by atoms with Crippen LogP contribution in [-0.4, -0.2) is 44.0 Å². The molecule has 0 bridgehead atoms. The molecule has 6 heteroatoms. The highest BCUT2D eigenvalue weighted by Crippen LogP contribution is 2.24. The molecule has 20 heavy (non-hydrogen) atoms. The predicted molar refractivity (Wildman–Crippen MR) is 81.0 cm³/mol. The van der Waals surface area contributed by atoms with Gasteiger partial charge >= 0.3 is 0 Å². The number of carbonyl (C=O) groups is 2. The summed E-state index contributed by atoms with van der Waals surface area (Å²) in [5, 5.41) is 2.53. The smallest absolute Gasteiger partial charge is 0.257 e. The Bertz CT molecular complexity index is 491. The third-order valence-electron chi connectivity index (χ3n) is 2.77. The third kappa shape index (κ3) is 4.52. The summed E-state index contributed by atoms with van der Waals surface area (Å²) in [5.41, 5.74) is 0.487. The Balaban J connectivity index is 2.84. The zero-order chi connectivity index (χ0) is 15.1. The van der Waals surface area contributed by atoms with E-state index < -0.39 is 0 Å². The molecule has 5 nitrogen and oxygen atoms in total. The van der Waals surface area contributed by atoms with E-state index in [1.807, 2.05) is 13.0 Å². The van der Waals surface area contributed by atoms with Crippen molar-refractivity contribution in [2.45, 2.75) is 13.3 Å². The van der Waals surface area contributed by atoms with Gasteiger partial charge in [-0.25, -0.2) is 0 Å². The van der Waals surface area contributed by atoms with Crippen molar-refractivity contribution in [3.63, 3.8) is 0 Å². The molecule has 0 fully saturated rings. The van der Waals surface area contributed by atoms with Gasteiger partial charge in [0.1, 0.15) is 5.75 Å². The highest BCUT2D eigenvalue weighted by molar-refractivity contribution is 9.10. The second-order valence-corrected chi connectivity index (χ2v) is 5.14. The lowest BCUT2D eigenvalue weighted by atomic mass is 10.1. The molecule has 0 aliphatic carbocycles. The lowest BCUT2D eigenvalue weighted by Gasteiger charge is -2.19. The van der Waals surface area contributed by atoms with Crippen molar-refractivity contribution in [3.8, 4) is 5.75 Å². The van der Waals surface area contributed by atoms with Crippen molar-refractivity contribution in [1.29, 1.82) is 0 Å². The van der Waals surface area contributed by atoms with Crippen LogP contribution in [0.15, 0.2) is 22.7 Å². The Labute approximate surface area is 127 Å². The number of nitrogens with zero attached hydrogens (tertiary/aromatic N) is 1. The second-order valence-electron chi connectivity index (χ2n) is 4.22. The minimum atomic E-state index is -0.168. The molecular formula is C14H19BrN2O3. The fourth-order valence-electron chi connectivity index (χ4n) is 1.65. The quantitative estimate of drug-likeness (QED) is 0.860. The maximum Gasteiger partial charge on any atom is 0.257 e. The summed E-state index contributed by atoms with van der Waals surface area (Å²) < 4.78 is 6.27. The van der Waals surface area contributed by atoms with Crippen molar-refractivity contribution in [2.24, 2.45) is 0 Å². The van der Waals surface area contributed by atoms with Crippen molar-refractivity contribution in [1.82, 2.24) is 10.2 Å². The Kier molecular flexibility index (Phi) is 6.51. The van der Waals surface area contributed by atoms with Gasteiger partial charge in [-0.05, 0) is 25.1 Å². The summed E-state index contributed by atoms with van der Waals surface area (Å²) in [5.74, 6) is 0.287. The van der Waals surface area contributed by atoms with Gasteiger partial charge in [0.2, 0.25) is 5.91 Å². The van der Waals surface area contributed by atoms with Gasteiger partial charge in [-0.1, -0.05) is 15.9 Å². The van der Waals surface area contributed by atoms with Crippen LogP contribution in [-0.2, 0) is 4.79 Å². The third-order valence-corrected chi connectivity index (χ3v) is 3.26. The van der Waals surface area contributed by atoms with Gasteiger partial charge in [0.25, 0.3) is 5.91 Å². The largest absolute Gasteiger partial charge is 0.493 e. The zero-order valence-corrected chi connectivity index (χ0v) is 13.5. The molecule has 0 unspecified atom stereocenters.